The number of anilines is 1. The number of rotatable bonds is 6. The quantitative estimate of drug-likeness (QED) is 0.854. The highest BCUT2D eigenvalue weighted by Crippen LogP contribution is 2.16. The Morgan fingerprint density at radius 1 is 1.30 bits per heavy atom. The van der Waals surface area contributed by atoms with Crippen LogP contribution in [0, 0.1) is 6.92 Å². The third-order valence-corrected chi connectivity index (χ3v) is 3.87. The van der Waals surface area contributed by atoms with Gasteiger partial charge in [0.25, 0.3) is 5.91 Å². The van der Waals surface area contributed by atoms with Gasteiger partial charge in [-0.2, -0.15) is 11.3 Å². The molecule has 0 fully saturated rings. The predicted molar refractivity (Wildman–Crippen MR) is 85.7 cm³/mol. The highest BCUT2D eigenvalue weighted by molar-refractivity contribution is 7.07. The Balaban J connectivity index is 1.90. The van der Waals surface area contributed by atoms with Crippen LogP contribution < -0.4 is 10.6 Å². The van der Waals surface area contributed by atoms with E-state index < -0.39 is 0 Å². The van der Waals surface area contributed by atoms with Crippen molar-refractivity contribution in [1.82, 2.24) is 5.32 Å². The van der Waals surface area contributed by atoms with Crippen molar-refractivity contribution < 1.29 is 4.79 Å². The van der Waals surface area contributed by atoms with Gasteiger partial charge in [0.05, 0.1) is 0 Å². The van der Waals surface area contributed by atoms with Crippen LogP contribution in [0.4, 0.5) is 5.69 Å². The van der Waals surface area contributed by atoms with Crippen LogP contribution in [0.15, 0.2) is 35.0 Å². The van der Waals surface area contributed by atoms with Crippen LogP contribution in [0.5, 0.6) is 0 Å². The van der Waals surface area contributed by atoms with E-state index in [1.54, 1.807) is 11.3 Å². The lowest BCUT2D eigenvalue weighted by Crippen LogP contribution is -2.25. The monoisotopic (exact) mass is 288 g/mol. The first kappa shape index (κ1) is 14.6. The molecule has 0 saturated heterocycles. The van der Waals surface area contributed by atoms with E-state index in [0.29, 0.717) is 6.54 Å². The molecule has 1 heterocycles. The van der Waals surface area contributed by atoms with E-state index in [4.69, 9.17) is 0 Å². The largest absolute Gasteiger partial charge is 0.385 e. The zero-order chi connectivity index (χ0) is 14.4. The number of hydrogen-bond acceptors (Lipinski definition) is 3. The van der Waals surface area contributed by atoms with Crippen LogP contribution in [0.2, 0.25) is 0 Å². The first-order valence-electron chi connectivity index (χ1n) is 6.84. The van der Waals surface area contributed by atoms with E-state index in [1.807, 2.05) is 25.1 Å². The number of hydrogen-bond donors (Lipinski definition) is 2. The van der Waals surface area contributed by atoms with Gasteiger partial charge < -0.3 is 10.6 Å². The van der Waals surface area contributed by atoms with Crippen LogP contribution in [0.25, 0.3) is 0 Å². The topological polar surface area (TPSA) is 41.1 Å². The van der Waals surface area contributed by atoms with Gasteiger partial charge in [0.2, 0.25) is 0 Å². The van der Waals surface area contributed by atoms with Crippen LogP contribution in [0.3, 0.4) is 0 Å². The number of carbonyl (C=O) groups is 1. The average Bonchev–Trinajstić information content (AvgIpc) is 2.94. The lowest BCUT2D eigenvalue weighted by atomic mass is 10.1. The Bertz CT molecular complexity index is 564. The van der Waals surface area contributed by atoms with Gasteiger partial charge in [0.15, 0.2) is 0 Å². The molecule has 1 aromatic heterocycles. The summed E-state index contributed by atoms with van der Waals surface area (Å²) in [5, 5.41) is 10.4. The molecule has 3 nitrogen and oxygen atoms in total. The second kappa shape index (κ2) is 7.10. The fourth-order valence-electron chi connectivity index (χ4n) is 2.05. The number of carbonyl (C=O) groups excluding carboxylic acids is 1. The smallest absolute Gasteiger partial charge is 0.251 e. The van der Waals surface area contributed by atoms with Gasteiger partial charge in [-0.1, -0.05) is 0 Å². The molecule has 0 unspecified atom stereocenters. The van der Waals surface area contributed by atoms with Crippen molar-refractivity contribution in [3.63, 3.8) is 0 Å². The lowest BCUT2D eigenvalue weighted by Gasteiger charge is -2.10. The lowest BCUT2D eigenvalue weighted by molar-refractivity contribution is 0.0954. The van der Waals surface area contributed by atoms with Crippen LogP contribution in [-0.2, 0) is 6.42 Å². The second-order valence-corrected chi connectivity index (χ2v) is 5.48. The number of benzene rings is 1. The summed E-state index contributed by atoms with van der Waals surface area (Å²) in [5.74, 6) is -0.00798. The standard InChI is InChI=1S/C16H20N2OS/c1-3-17-15-5-4-14(10-12(15)2)16(19)18-8-6-13-7-9-20-11-13/h4-5,7,9-11,17H,3,6,8H2,1-2H3,(H,18,19). The molecule has 106 valence electrons. The Labute approximate surface area is 124 Å². The van der Waals surface area contributed by atoms with E-state index in [2.05, 4.69) is 34.4 Å². The summed E-state index contributed by atoms with van der Waals surface area (Å²) >= 11 is 1.68. The van der Waals surface area contributed by atoms with Crippen molar-refractivity contribution in [3.8, 4) is 0 Å². The zero-order valence-corrected chi connectivity index (χ0v) is 12.7. The Morgan fingerprint density at radius 2 is 2.15 bits per heavy atom. The normalized spacial score (nSPS) is 10.3. The molecule has 4 heteroatoms. The Morgan fingerprint density at radius 3 is 2.80 bits per heavy atom. The van der Waals surface area contributed by atoms with Gasteiger partial charge in [0.1, 0.15) is 0 Å². The molecular formula is C16H20N2OS. The molecule has 2 N–H and O–H groups in total. The third-order valence-electron chi connectivity index (χ3n) is 3.14. The summed E-state index contributed by atoms with van der Waals surface area (Å²) in [4.78, 5) is 12.1. The molecule has 0 spiro atoms. The van der Waals surface area contributed by atoms with Crippen LogP contribution in [-0.4, -0.2) is 19.0 Å². The summed E-state index contributed by atoms with van der Waals surface area (Å²) in [6.07, 6.45) is 0.879. The first-order chi connectivity index (χ1) is 9.70. The number of nitrogens with one attached hydrogen (secondary N) is 2. The molecule has 2 aromatic rings. The van der Waals surface area contributed by atoms with Gasteiger partial charge in [-0.3, -0.25) is 4.79 Å². The minimum absolute atomic E-state index is 0.00798. The maximum Gasteiger partial charge on any atom is 0.251 e. The molecule has 2 rings (SSSR count). The summed E-state index contributed by atoms with van der Waals surface area (Å²) in [6.45, 7) is 5.63. The summed E-state index contributed by atoms with van der Waals surface area (Å²) in [7, 11) is 0. The Kier molecular flexibility index (Phi) is 5.18. The molecule has 0 aliphatic rings. The molecule has 0 bridgehead atoms. The van der Waals surface area contributed by atoms with Crippen molar-refractivity contribution in [1.29, 1.82) is 0 Å². The number of amides is 1. The third kappa shape index (κ3) is 3.84. The molecule has 0 aliphatic heterocycles. The van der Waals surface area contributed by atoms with Crippen LogP contribution >= 0.6 is 11.3 Å². The highest BCUT2D eigenvalue weighted by atomic mass is 32.1. The molecule has 0 atom stereocenters. The fraction of sp³-hybridized carbons (Fsp3) is 0.312. The van der Waals surface area contributed by atoms with E-state index in [9.17, 15) is 4.79 Å². The van der Waals surface area contributed by atoms with E-state index in [-0.39, 0.29) is 5.91 Å². The Hall–Kier alpha value is -1.81. The maximum absolute atomic E-state index is 12.1. The van der Waals surface area contributed by atoms with Crippen molar-refractivity contribution in [2.75, 3.05) is 18.4 Å². The van der Waals surface area contributed by atoms with Gasteiger partial charge in [0, 0.05) is 24.3 Å². The van der Waals surface area contributed by atoms with Crippen molar-refractivity contribution in [2.45, 2.75) is 20.3 Å². The van der Waals surface area contributed by atoms with Gasteiger partial charge in [-0.05, 0) is 66.4 Å². The average molecular weight is 288 g/mol. The summed E-state index contributed by atoms with van der Waals surface area (Å²) < 4.78 is 0. The van der Waals surface area contributed by atoms with E-state index in [1.165, 1.54) is 5.56 Å². The SMILES string of the molecule is CCNc1ccc(C(=O)NCCc2ccsc2)cc1C. The van der Waals surface area contributed by atoms with Gasteiger partial charge in [-0.25, -0.2) is 0 Å². The summed E-state index contributed by atoms with van der Waals surface area (Å²) in [6, 6.07) is 7.85. The van der Waals surface area contributed by atoms with Crippen molar-refractivity contribution >= 4 is 22.9 Å². The zero-order valence-electron chi connectivity index (χ0n) is 11.9. The molecule has 1 aromatic carbocycles. The van der Waals surface area contributed by atoms with Gasteiger partial charge >= 0.3 is 0 Å². The number of thiophene rings is 1. The van der Waals surface area contributed by atoms with E-state index >= 15 is 0 Å². The molecular weight excluding hydrogens is 268 g/mol. The molecule has 0 saturated carbocycles. The van der Waals surface area contributed by atoms with Gasteiger partial charge in [-0.15, -0.1) is 0 Å². The summed E-state index contributed by atoms with van der Waals surface area (Å²) in [5.41, 5.74) is 4.17. The minimum atomic E-state index is -0.00798. The molecule has 0 aliphatic carbocycles. The fourth-order valence-corrected chi connectivity index (χ4v) is 2.75. The predicted octanol–water partition coefficient (Wildman–Crippen LogP) is 3.46. The minimum Gasteiger partial charge on any atom is -0.385 e. The van der Waals surface area contributed by atoms with E-state index in [0.717, 1.165) is 29.8 Å². The van der Waals surface area contributed by atoms with Crippen molar-refractivity contribution in [3.05, 3.63) is 51.7 Å². The van der Waals surface area contributed by atoms with Crippen molar-refractivity contribution in [2.24, 2.45) is 0 Å². The molecule has 20 heavy (non-hydrogen) atoms. The van der Waals surface area contributed by atoms with Crippen LogP contribution in [0.1, 0.15) is 28.4 Å². The first-order valence-corrected chi connectivity index (χ1v) is 7.78. The molecule has 1 amide bonds. The second-order valence-electron chi connectivity index (χ2n) is 4.70. The number of aryl methyl sites for hydroxylation is 1. The molecule has 0 radical (unpaired) electrons. The highest BCUT2D eigenvalue weighted by Gasteiger charge is 2.07. The maximum atomic E-state index is 12.1.